The normalized spacial score (nSPS) is 21.3. The SMILES string of the molecule is CCCN[C@H](Cc1ccccc1)C(=O)N[C@H]1CSSC[C@@H](C(=O)N[C@H](C(=O)O)[C@@H](C)O)NC(=O)[C@H]([C@@H](C)O)NC(=O)[C@H](CCCCNC(=O)OC(C)(C)C)NC(=O)[C@@H](Cc2c[nH]c3ccccc23)NC(=O)[C@H](Cc2ccc(O)cc2)NC1=O. The molecule has 2 heterocycles. The van der Waals surface area contributed by atoms with Gasteiger partial charge in [-0.2, -0.15) is 0 Å². The van der Waals surface area contributed by atoms with E-state index in [1.165, 1.54) is 19.1 Å². The minimum absolute atomic E-state index is 0.0745. The molecule has 5 rings (SSSR count). The predicted octanol–water partition coefficient (Wildman–Crippen LogP) is 1.60. The van der Waals surface area contributed by atoms with Crippen molar-refractivity contribution in [1.29, 1.82) is 0 Å². The molecule has 1 fully saturated rings. The first-order valence-corrected chi connectivity index (χ1v) is 29.9. The number of carboxylic acid groups (broad SMARTS) is 1. The minimum Gasteiger partial charge on any atom is -0.508 e. The number of H-pyrrole nitrogens is 1. The minimum atomic E-state index is -1.84. The standard InChI is InChI=1S/C57H78N10O14S2/c1-7-24-58-41(26-34-15-9-8-10-16-34)49(72)64-44-30-82-83-31-45(53(76)67-47(33(3)69)55(78)79)65-54(77)46(32(2)68)66-48(71)40(19-13-14-25-59-56(80)81-57(4,5)6)61-51(74)43(28-36-29-60-39-18-12-11-17-38(36)39)63-50(73)42(62-52(44)75)27-35-20-22-37(70)23-21-35/h8-12,15-18,20-23,29,32-33,40-47,58,60,68-70H,7,13-14,19,24-28,30-31H2,1-6H3,(H,59,80)(H,61,74)(H,62,75)(H,63,73)(H,64,72)(H,65,77)(H,66,71)(H,67,76)(H,78,79)/t32-,33-,40+,41-,42+,43-,44+,45+,46+,47+/m1/s1. The van der Waals surface area contributed by atoms with E-state index in [0.717, 1.165) is 34.1 Å². The molecule has 1 saturated heterocycles. The van der Waals surface area contributed by atoms with E-state index in [1.807, 2.05) is 49.4 Å². The first-order chi connectivity index (χ1) is 39.4. The monoisotopic (exact) mass is 1190 g/mol. The maximum Gasteiger partial charge on any atom is 0.407 e. The van der Waals surface area contributed by atoms with Crippen LogP contribution in [0.5, 0.6) is 5.75 Å². The molecule has 24 nitrogen and oxygen atoms in total. The Balaban J connectivity index is 1.60. The second kappa shape index (κ2) is 32.5. The maximum atomic E-state index is 15.0. The van der Waals surface area contributed by atoms with Gasteiger partial charge >= 0.3 is 12.1 Å². The largest absolute Gasteiger partial charge is 0.508 e. The van der Waals surface area contributed by atoms with Crippen LogP contribution in [0.25, 0.3) is 10.9 Å². The summed E-state index contributed by atoms with van der Waals surface area (Å²) in [4.78, 5) is 130. The van der Waals surface area contributed by atoms with Crippen LogP contribution in [0.15, 0.2) is 85.1 Å². The van der Waals surface area contributed by atoms with Gasteiger partial charge in [0.15, 0.2) is 6.04 Å². The average Bonchev–Trinajstić information content (AvgIpc) is 4.14. The van der Waals surface area contributed by atoms with Crippen molar-refractivity contribution >= 4 is 85.9 Å². The Labute approximate surface area is 489 Å². The summed E-state index contributed by atoms with van der Waals surface area (Å²) >= 11 is 0. The number of carbonyl (C=O) groups excluding carboxylic acids is 8. The van der Waals surface area contributed by atoms with Crippen molar-refractivity contribution in [2.24, 2.45) is 0 Å². The summed E-state index contributed by atoms with van der Waals surface area (Å²) in [5.74, 6) is -8.57. The lowest BCUT2D eigenvalue weighted by atomic mass is 10.0. The number of carbonyl (C=O) groups is 9. The molecule has 0 spiro atoms. The lowest BCUT2D eigenvalue weighted by Gasteiger charge is -2.29. The molecule has 83 heavy (non-hydrogen) atoms. The summed E-state index contributed by atoms with van der Waals surface area (Å²) in [5, 5.41) is 66.3. The molecule has 4 aromatic rings. The molecule has 8 amide bonds. The fourth-order valence-corrected chi connectivity index (χ4v) is 11.1. The Morgan fingerprint density at radius 1 is 0.723 bits per heavy atom. The molecule has 26 heteroatoms. The van der Waals surface area contributed by atoms with Crippen molar-refractivity contribution in [3.05, 3.63) is 102 Å². The van der Waals surface area contributed by atoms with Crippen LogP contribution in [0.1, 0.15) is 83.9 Å². The number of fused-ring (bicyclic) bond motifs is 1. The van der Waals surface area contributed by atoms with Gasteiger partial charge in [-0.25, -0.2) is 9.59 Å². The maximum absolute atomic E-state index is 15.0. The quantitative estimate of drug-likeness (QED) is 0.0416. The number of amides is 8. The summed E-state index contributed by atoms with van der Waals surface area (Å²) in [6.07, 6.45) is -1.45. The smallest absolute Gasteiger partial charge is 0.407 e. The zero-order valence-corrected chi connectivity index (χ0v) is 49.0. The number of carboxylic acids is 1. The molecule has 0 radical (unpaired) electrons. The second-order valence-corrected chi connectivity index (χ2v) is 23.8. The Kier molecular flexibility index (Phi) is 26.0. The number of aliphatic hydroxyl groups excluding tert-OH is 2. The molecule has 0 saturated carbocycles. The fourth-order valence-electron chi connectivity index (χ4n) is 8.73. The van der Waals surface area contributed by atoms with Crippen molar-refractivity contribution in [2.75, 3.05) is 24.6 Å². The van der Waals surface area contributed by atoms with Crippen molar-refractivity contribution in [1.82, 2.24) is 52.8 Å². The number of hydrogen-bond acceptors (Lipinski definition) is 16. The van der Waals surface area contributed by atoms with Crippen LogP contribution in [0, 0.1) is 0 Å². The summed E-state index contributed by atoms with van der Waals surface area (Å²) in [6, 6.07) is 10.3. The van der Waals surface area contributed by atoms with Crippen LogP contribution < -0.4 is 47.9 Å². The summed E-state index contributed by atoms with van der Waals surface area (Å²) in [6.45, 7) is 9.87. The number of aromatic amines is 1. The molecular formula is C57H78N10O14S2. The van der Waals surface area contributed by atoms with Gasteiger partial charge < -0.3 is 78.0 Å². The van der Waals surface area contributed by atoms with Gasteiger partial charge in [0, 0.05) is 48.0 Å². The van der Waals surface area contributed by atoms with Gasteiger partial charge in [0.1, 0.15) is 47.6 Å². The highest BCUT2D eigenvalue weighted by Crippen LogP contribution is 2.25. The molecular weight excluding hydrogens is 1110 g/mol. The molecule has 0 bridgehead atoms. The zero-order chi connectivity index (χ0) is 60.8. The van der Waals surface area contributed by atoms with Crippen LogP contribution in [0.2, 0.25) is 0 Å². The van der Waals surface area contributed by atoms with Crippen LogP contribution in [0.4, 0.5) is 4.79 Å². The van der Waals surface area contributed by atoms with Crippen LogP contribution in [-0.2, 0) is 62.4 Å². The number of aliphatic carboxylic acids is 1. The summed E-state index contributed by atoms with van der Waals surface area (Å²) < 4.78 is 5.33. The molecule has 0 unspecified atom stereocenters. The van der Waals surface area contributed by atoms with E-state index in [4.69, 9.17) is 4.74 Å². The van der Waals surface area contributed by atoms with E-state index in [9.17, 15) is 58.8 Å². The van der Waals surface area contributed by atoms with Crippen molar-refractivity contribution in [3.8, 4) is 5.75 Å². The third-order valence-electron chi connectivity index (χ3n) is 13.1. The average molecular weight is 1190 g/mol. The number of ether oxygens (including phenoxy) is 1. The first-order valence-electron chi connectivity index (χ1n) is 27.5. The number of aliphatic hydroxyl groups is 2. The van der Waals surface area contributed by atoms with E-state index in [1.54, 1.807) is 51.2 Å². The summed E-state index contributed by atoms with van der Waals surface area (Å²) in [5.41, 5.74) is 1.81. The molecule has 0 aliphatic carbocycles. The highest BCUT2D eigenvalue weighted by molar-refractivity contribution is 8.76. The number of rotatable bonds is 21. The first kappa shape index (κ1) is 66.4. The van der Waals surface area contributed by atoms with Gasteiger partial charge in [0.05, 0.1) is 18.2 Å². The molecule has 14 N–H and O–H groups in total. The third-order valence-corrected chi connectivity index (χ3v) is 15.6. The number of unbranched alkanes of at least 4 members (excludes halogenated alkanes) is 1. The number of phenols is 1. The lowest BCUT2D eigenvalue weighted by molar-refractivity contribution is -0.145. The third kappa shape index (κ3) is 21.7. The van der Waals surface area contributed by atoms with Gasteiger partial charge in [-0.1, -0.05) is 89.2 Å². The molecule has 452 valence electrons. The van der Waals surface area contributed by atoms with Gasteiger partial charge in [-0.15, -0.1) is 0 Å². The predicted molar refractivity (Wildman–Crippen MR) is 314 cm³/mol. The van der Waals surface area contributed by atoms with Crippen LogP contribution >= 0.6 is 21.6 Å². The topological polar surface area (TPSA) is 368 Å². The molecule has 10 atom stereocenters. The van der Waals surface area contributed by atoms with E-state index in [-0.39, 0.29) is 62.3 Å². The van der Waals surface area contributed by atoms with Gasteiger partial charge in [0.2, 0.25) is 41.4 Å². The molecule has 1 aliphatic rings. The van der Waals surface area contributed by atoms with E-state index < -0.39 is 120 Å². The van der Waals surface area contributed by atoms with Crippen molar-refractivity contribution in [2.45, 2.75) is 153 Å². The van der Waals surface area contributed by atoms with Crippen molar-refractivity contribution in [3.63, 3.8) is 0 Å². The molecule has 1 aliphatic heterocycles. The van der Waals surface area contributed by atoms with E-state index >= 15 is 4.79 Å². The fraction of sp³-hybridized carbons (Fsp3) is 0.491. The lowest BCUT2D eigenvalue weighted by Crippen LogP contribution is -2.62. The molecule has 1 aromatic heterocycles. The highest BCUT2D eigenvalue weighted by atomic mass is 33.1. The highest BCUT2D eigenvalue weighted by Gasteiger charge is 2.37. The van der Waals surface area contributed by atoms with Gasteiger partial charge in [0.25, 0.3) is 0 Å². The van der Waals surface area contributed by atoms with Gasteiger partial charge in [-0.05, 0) is 108 Å². The molecule has 3 aromatic carbocycles. The Hall–Kier alpha value is -7.39. The summed E-state index contributed by atoms with van der Waals surface area (Å²) in [7, 11) is 1.89. The number of benzene rings is 3. The number of aromatic hydroxyl groups is 1. The Morgan fingerprint density at radius 2 is 1.35 bits per heavy atom. The van der Waals surface area contributed by atoms with E-state index in [0.29, 0.717) is 35.0 Å². The Morgan fingerprint density at radius 3 is 2.00 bits per heavy atom. The van der Waals surface area contributed by atoms with Crippen molar-refractivity contribution < 1.29 is 68.3 Å². The van der Waals surface area contributed by atoms with Crippen LogP contribution in [0.3, 0.4) is 0 Å². The zero-order valence-electron chi connectivity index (χ0n) is 47.3. The number of nitrogens with one attached hydrogen (secondary N) is 10. The van der Waals surface area contributed by atoms with Crippen LogP contribution in [-0.4, -0.2) is 170 Å². The van der Waals surface area contributed by atoms with Gasteiger partial charge in [-0.3, -0.25) is 33.6 Å². The number of para-hydroxylation sites is 1. The number of aromatic nitrogens is 1. The number of phenolic OH excluding ortho intramolecular Hbond substituents is 1. The van der Waals surface area contributed by atoms with E-state index in [2.05, 4.69) is 52.8 Å². The number of hydrogen-bond donors (Lipinski definition) is 14. The number of alkyl carbamates (subject to hydrolysis) is 1. The second-order valence-electron chi connectivity index (χ2n) is 21.2. The Bertz CT molecular complexity index is 2830.